The van der Waals surface area contributed by atoms with Crippen LogP contribution in [0.4, 0.5) is 11.4 Å². The second kappa shape index (κ2) is 5.59. The van der Waals surface area contributed by atoms with Crippen molar-refractivity contribution in [1.29, 1.82) is 0 Å². The summed E-state index contributed by atoms with van der Waals surface area (Å²) in [6.07, 6.45) is 1.80. The first-order chi connectivity index (χ1) is 11.2. The highest BCUT2D eigenvalue weighted by atomic mass is 79.9. The van der Waals surface area contributed by atoms with Crippen molar-refractivity contribution < 1.29 is 4.74 Å². The van der Waals surface area contributed by atoms with Crippen molar-refractivity contribution in [3.8, 4) is 5.75 Å². The summed E-state index contributed by atoms with van der Waals surface area (Å²) in [7, 11) is 1.67. The van der Waals surface area contributed by atoms with Crippen molar-refractivity contribution in [3.05, 3.63) is 59.2 Å². The van der Waals surface area contributed by atoms with Crippen LogP contribution >= 0.6 is 15.9 Å². The quantitative estimate of drug-likeness (QED) is 0.521. The van der Waals surface area contributed by atoms with E-state index in [9.17, 15) is 0 Å². The maximum absolute atomic E-state index is 5.29. The molecule has 2 aromatic heterocycles. The van der Waals surface area contributed by atoms with E-state index >= 15 is 0 Å². The minimum Gasteiger partial charge on any atom is -0.497 e. The van der Waals surface area contributed by atoms with Crippen LogP contribution in [0.1, 0.15) is 0 Å². The summed E-state index contributed by atoms with van der Waals surface area (Å²) >= 11 is 3.54. The van der Waals surface area contributed by atoms with E-state index in [2.05, 4.69) is 43.3 Å². The lowest BCUT2D eigenvalue weighted by Gasteiger charge is -2.09. The molecule has 0 saturated carbocycles. The van der Waals surface area contributed by atoms with E-state index in [1.165, 1.54) is 0 Å². The highest BCUT2D eigenvalue weighted by Crippen LogP contribution is 2.34. The van der Waals surface area contributed by atoms with Crippen LogP contribution in [0.2, 0.25) is 0 Å². The van der Waals surface area contributed by atoms with Gasteiger partial charge >= 0.3 is 0 Å². The van der Waals surface area contributed by atoms with Gasteiger partial charge in [-0.15, -0.1) is 0 Å². The second-order valence-corrected chi connectivity index (χ2v) is 6.17. The Kier molecular flexibility index (Phi) is 3.42. The molecule has 0 aliphatic rings. The van der Waals surface area contributed by atoms with Crippen LogP contribution in [0.15, 0.2) is 59.2 Å². The standard InChI is InChI=1S/C18H14BrN3O/c1-23-13-4-2-3-12(10-13)21-16-7-8-20-18-17(16)14-9-11(19)5-6-15(14)22-18/h2-10H,1H3,(H2,20,21,22). The Morgan fingerprint density at radius 1 is 1.13 bits per heavy atom. The average molecular weight is 368 g/mol. The molecule has 0 aliphatic heterocycles. The summed E-state index contributed by atoms with van der Waals surface area (Å²) in [6, 6.07) is 16.0. The van der Waals surface area contributed by atoms with Crippen LogP contribution < -0.4 is 10.1 Å². The zero-order valence-electron chi connectivity index (χ0n) is 12.4. The molecule has 4 rings (SSSR count). The molecular weight excluding hydrogens is 354 g/mol. The largest absolute Gasteiger partial charge is 0.497 e. The number of rotatable bonds is 3. The minimum absolute atomic E-state index is 0.821. The lowest BCUT2D eigenvalue weighted by molar-refractivity contribution is 0.415. The molecule has 0 saturated heterocycles. The number of nitrogens with zero attached hydrogens (tertiary/aromatic N) is 1. The Morgan fingerprint density at radius 3 is 2.91 bits per heavy atom. The summed E-state index contributed by atoms with van der Waals surface area (Å²) < 4.78 is 6.33. The second-order valence-electron chi connectivity index (χ2n) is 5.25. The zero-order valence-corrected chi connectivity index (χ0v) is 14.0. The lowest BCUT2D eigenvalue weighted by atomic mass is 10.1. The molecular formula is C18H14BrN3O. The number of nitrogens with one attached hydrogen (secondary N) is 2. The molecule has 0 spiro atoms. The molecule has 0 unspecified atom stereocenters. The number of pyridine rings is 1. The van der Waals surface area contributed by atoms with E-state index in [-0.39, 0.29) is 0 Å². The van der Waals surface area contributed by atoms with Gasteiger partial charge in [-0.3, -0.25) is 0 Å². The Hall–Kier alpha value is -2.53. The van der Waals surface area contributed by atoms with Gasteiger partial charge in [0.05, 0.1) is 18.2 Å². The Bertz CT molecular complexity index is 1010. The molecule has 4 aromatic rings. The number of fused-ring (bicyclic) bond motifs is 3. The highest BCUT2D eigenvalue weighted by Gasteiger charge is 2.10. The van der Waals surface area contributed by atoms with Crippen LogP contribution in [0.5, 0.6) is 5.75 Å². The van der Waals surface area contributed by atoms with Gasteiger partial charge in [-0.2, -0.15) is 0 Å². The fourth-order valence-electron chi connectivity index (χ4n) is 2.75. The molecule has 0 atom stereocenters. The lowest BCUT2D eigenvalue weighted by Crippen LogP contribution is -1.92. The number of methoxy groups -OCH3 is 1. The summed E-state index contributed by atoms with van der Waals surface area (Å²) in [5.74, 6) is 0.821. The van der Waals surface area contributed by atoms with Crippen molar-refractivity contribution in [2.75, 3.05) is 12.4 Å². The van der Waals surface area contributed by atoms with Crippen molar-refractivity contribution in [2.24, 2.45) is 0 Å². The fraction of sp³-hybridized carbons (Fsp3) is 0.0556. The molecule has 114 valence electrons. The predicted octanol–water partition coefficient (Wildman–Crippen LogP) is 5.23. The molecule has 23 heavy (non-hydrogen) atoms. The molecule has 0 radical (unpaired) electrons. The van der Waals surface area contributed by atoms with Crippen LogP contribution in [-0.4, -0.2) is 17.1 Å². The predicted molar refractivity (Wildman–Crippen MR) is 97.6 cm³/mol. The average Bonchev–Trinajstić information content (AvgIpc) is 2.94. The van der Waals surface area contributed by atoms with Gasteiger partial charge in [0, 0.05) is 33.3 Å². The summed E-state index contributed by atoms with van der Waals surface area (Å²) in [5, 5.41) is 5.67. The highest BCUT2D eigenvalue weighted by molar-refractivity contribution is 9.10. The minimum atomic E-state index is 0.821. The van der Waals surface area contributed by atoms with Gasteiger partial charge in [-0.05, 0) is 36.4 Å². The first-order valence-electron chi connectivity index (χ1n) is 7.21. The van der Waals surface area contributed by atoms with E-state index < -0.39 is 0 Å². The number of anilines is 2. The molecule has 4 nitrogen and oxygen atoms in total. The number of ether oxygens (including phenoxy) is 1. The smallest absolute Gasteiger partial charge is 0.140 e. The van der Waals surface area contributed by atoms with Gasteiger partial charge in [0.2, 0.25) is 0 Å². The maximum atomic E-state index is 5.29. The van der Waals surface area contributed by atoms with E-state index in [1.54, 1.807) is 13.3 Å². The topological polar surface area (TPSA) is 49.9 Å². The Labute approximate surface area is 141 Å². The maximum Gasteiger partial charge on any atom is 0.140 e. The van der Waals surface area contributed by atoms with Crippen molar-refractivity contribution in [3.63, 3.8) is 0 Å². The monoisotopic (exact) mass is 367 g/mol. The summed E-state index contributed by atoms with van der Waals surface area (Å²) in [5.41, 5.74) is 3.91. The van der Waals surface area contributed by atoms with E-state index in [1.807, 2.05) is 36.4 Å². The number of aromatic amines is 1. The van der Waals surface area contributed by atoms with Crippen molar-refractivity contribution in [1.82, 2.24) is 9.97 Å². The zero-order chi connectivity index (χ0) is 15.8. The van der Waals surface area contributed by atoms with Crippen LogP contribution in [-0.2, 0) is 0 Å². The third-order valence-electron chi connectivity index (χ3n) is 3.80. The van der Waals surface area contributed by atoms with Crippen LogP contribution in [0.3, 0.4) is 0 Å². The van der Waals surface area contributed by atoms with Gasteiger partial charge < -0.3 is 15.0 Å². The molecule has 0 fully saturated rings. The fourth-order valence-corrected chi connectivity index (χ4v) is 3.11. The normalized spacial score (nSPS) is 11.0. The van der Waals surface area contributed by atoms with Gasteiger partial charge in [0.1, 0.15) is 11.4 Å². The molecule has 2 aromatic carbocycles. The molecule has 0 bridgehead atoms. The molecule has 0 amide bonds. The van der Waals surface area contributed by atoms with Gasteiger partial charge in [-0.1, -0.05) is 22.0 Å². The van der Waals surface area contributed by atoms with Crippen molar-refractivity contribution >= 4 is 49.2 Å². The molecule has 0 aliphatic carbocycles. The number of aromatic nitrogens is 2. The van der Waals surface area contributed by atoms with E-state index in [0.29, 0.717) is 0 Å². The Balaban J connectivity index is 1.89. The van der Waals surface area contributed by atoms with Gasteiger partial charge in [-0.25, -0.2) is 4.98 Å². The number of hydrogen-bond acceptors (Lipinski definition) is 3. The van der Waals surface area contributed by atoms with Crippen LogP contribution in [0.25, 0.3) is 21.9 Å². The summed E-state index contributed by atoms with van der Waals surface area (Å²) in [6.45, 7) is 0. The number of H-pyrrole nitrogens is 1. The first kappa shape index (κ1) is 14.1. The third-order valence-corrected chi connectivity index (χ3v) is 4.30. The number of benzene rings is 2. The SMILES string of the molecule is COc1cccc(Nc2ccnc3[nH]c4ccc(Br)cc4c23)c1. The van der Waals surface area contributed by atoms with E-state index in [0.717, 1.165) is 43.5 Å². The Morgan fingerprint density at radius 2 is 2.04 bits per heavy atom. The number of hydrogen-bond donors (Lipinski definition) is 2. The molecule has 2 heterocycles. The van der Waals surface area contributed by atoms with Crippen molar-refractivity contribution in [2.45, 2.75) is 0 Å². The molecule has 5 heteroatoms. The first-order valence-corrected chi connectivity index (χ1v) is 8.01. The van der Waals surface area contributed by atoms with E-state index in [4.69, 9.17) is 4.74 Å². The van der Waals surface area contributed by atoms with Crippen LogP contribution in [0, 0.1) is 0 Å². The summed E-state index contributed by atoms with van der Waals surface area (Å²) in [4.78, 5) is 7.81. The number of halogens is 1. The third kappa shape index (κ3) is 2.53. The van der Waals surface area contributed by atoms with Gasteiger partial charge in [0.15, 0.2) is 0 Å². The van der Waals surface area contributed by atoms with Gasteiger partial charge in [0.25, 0.3) is 0 Å². The molecule has 2 N–H and O–H groups in total.